The predicted octanol–water partition coefficient (Wildman–Crippen LogP) is 0.971. The fourth-order valence-electron chi connectivity index (χ4n) is 1.86. The third-order valence-electron chi connectivity index (χ3n) is 3.05. The zero-order valence-corrected chi connectivity index (χ0v) is 12.6. The van der Waals surface area contributed by atoms with E-state index in [0.29, 0.717) is 12.0 Å². The molecule has 114 valence electrons. The van der Waals surface area contributed by atoms with Crippen LogP contribution in [0, 0.1) is 12.7 Å². The highest BCUT2D eigenvalue weighted by Gasteiger charge is 2.20. The summed E-state index contributed by atoms with van der Waals surface area (Å²) in [5, 5.41) is 4.13. The van der Waals surface area contributed by atoms with Crippen LogP contribution in [0.5, 0.6) is 0 Å². The van der Waals surface area contributed by atoms with Crippen molar-refractivity contribution in [2.24, 2.45) is 7.05 Å². The predicted molar refractivity (Wildman–Crippen MR) is 77.6 cm³/mol. The lowest BCUT2D eigenvalue weighted by molar-refractivity contribution is 0.556. The number of nitrogens with one attached hydrogen (secondary N) is 1. The van der Waals surface area contributed by atoms with Gasteiger partial charge < -0.3 is 5.73 Å². The SMILES string of the molecule is Cc1cc(F)c(S(=O)(=O)NCCc2ccn(C)n2)cc1N. The van der Waals surface area contributed by atoms with E-state index in [-0.39, 0.29) is 12.2 Å². The minimum Gasteiger partial charge on any atom is -0.398 e. The van der Waals surface area contributed by atoms with Crippen molar-refractivity contribution >= 4 is 15.7 Å². The van der Waals surface area contributed by atoms with E-state index in [2.05, 4.69) is 9.82 Å². The van der Waals surface area contributed by atoms with Gasteiger partial charge in [-0.2, -0.15) is 5.10 Å². The van der Waals surface area contributed by atoms with Crippen molar-refractivity contribution in [2.45, 2.75) is 18.2 Å². The molecule has 6 nitrogen and oxygen atoms in total. The fourth-order valence-corrected chi connectivity index (χ4v) is 2.99. The molecule has 0 unspecified atom stereocenters. The van der Waals surface area contributed by atoms with Gasteiger partial charge >= 0.3 is 0 Å². The maximum absolute atomic E-state index is 13.8. The Balaban J connectivity index is 2.10. The molecule has 0 atom stereocenters. The zero-order chi connectivity index (χ0) is 15.6. The largest absolute Gasteiger partial charge is 0.398 e. The lowest BCUT2D eigenvalue weighted by Crippen LogP contribution is -2.27. The summed E-state index contributed by atoms with van der Waals surface area (Å²) in [6, 6.07) is 4.04. The molecule has 0 aliphatic carbocycles. The van der Waals surface area contributed by atoms with Crippen LogP contribution in [0.2, 0.25) is 0 Å². The van der Waals surface area contributed by atoms with Gasteiger partial charge in [-0.25, -0.2) is 17.5 Å². The molecule has 0 amide bonds. The van der Waals surface area contributed by atoms with Crippen molar-refractivity contribution in [1.29, 1.82) is 0 Å². The number of rotatable bonds is 5. The summed E-state index contributed by atoms with van der Waals surface area (Å²) in [5.74, 6) is -0.813. The number of nitrogen functional groups attached to an aromatic ring is 1. The Hall–Kier alpha value is -1.93. The number of sulfonamides is 1. The normalized spacial score (nSPS) is 11.8. The van der Waals surface area contributed by atoms with E-state index in [0.717, 1.165) is 17.8 Å². The summed E-state index contributed by atoms with van der Waals surface area (Å²) in [5.41, 5.74) is 7.13. The van der Waals surface area contributed by atoms with E-state index >= 15 is 0 Å². The fraction of sp³-hybridized carbons (Fsp3) is 0.308. The molecule has 0 fully saturated rings. The second kappa shape index (κ2) is 5.82. The lowest BCUT2D eigenvalue weighted by atomic mass is 10.2. The third-order valence-corrected chi connectivity index (χ3v) is 4.53. The Morgan fingerprint density at radius 2 is 2.14 bits per heavy atom. The van der Waals surface area contributed by atoms with Gasteiger partial charge in [-0.3, -0.25) is 4.68 Å². The molecule has 1 aromatic heterocycles. The molecule has 0 spiro atoms. The van der Waals surface area contributed by atoms with E-state index < -0.39 is 20.7 Å². The number of nitrogens with two attached hydrogens (primary N) is 1. The van der Waals surface area contributed by atoms with Crippen molar-refractivity contribution in [3.05, 3.63) is 41.5 Å². The molecule has 2 rings (SSSR count). The van der Waals surface area contributed by atoms with E-state index in [1.54, 1.807) is 30.9 Å². The van der Waals surface area contributed by atoms with Crippen molar-refractivity contribution in [3.8, 4) is 0 Å². The van der Waals surface area contributed by atoms with E-state index in [9.17, 15) is 12.8 Å². The maximum atomic E-state index is 13.8. The molecule has 1 heterocycles. The number of nitrogens with zero attached hydrogens (tertiary/aromatic N) is 2. The second-order valence-electron chi connectivity index (χ2n) is 4.77. The molecule has 0 radical (unpaired) electrons. The van der Waals surface area contributed by atoms with E-state index in [4.69, 9.17) is 5.73 Å². The molecule has 0 saturated carbocycles. The van der Waals surface area contributed by atoms with E-state index in [1.165, 1.54) is 0 Å². The van der Waals surface area contributed by atoms with Gasteiger partial charge in [0.2, 0.25) is 10.0 Å². The smallest absolute Gasteiger partial charge is 0.243 e. The number of halogens is 1. The van der Waals surface area contributed by atoms with Crippen molar-refractivity contribution in [3.63, 3.8) is 0 Å². The first-order chi connectivity index (χ1) is 9.79. The molecular formula is C13H17FN4O2S. The standard InChI is InChI=1S/C13H17FN4O2S/c1-9-7-11(14)13(8-12(9)15)21(19,20)16-5-3-10-4-6-18(2)17-10/h4,6-8,16H,3,5,15H2,1-2H3. The number of aryl methyl sites for hydroxylation is 2. The van der Waals surface area contributed by atoms with Crippen molar-refractivity contribution in [2.75, 3.05) is 12.3 Å². The maximum Gasteiger partial charge on any atom is 0.243 e. The first kappa shape index (κ1) is 15.5. The van der Waals surface area contributed by atoms with Crippen LogP contribution in [0.25, 0.3) is 0 Å². The van der Waals surface area contributed by atoms with Crippen molar-refractivity contribution in [1.82, 2.24) is 14.5 Å². The average molecular weight is 312 g/mol. The molecule has 0 aliphatic rings. The average Bonchev–Trinajstić information content (AvgIpc) is 2.79. The highest BCUT2D eigenvalue weighted by atomic mass is 32.2. The summed E-state index contributed by atoms with van der Waals surface area (Å²) in [7, 11) is -2.16. The van der Waals surface area contributed by atoms with Crippen LogP contribution in [-0.2, 0) is 23.5 Å². The number of hydrogen-bond donors (Lipinski definition) is 2. The second-order valence-corrected chi connectivity index (χ2v) is 6.50. The minimum atomic E-state index is -3.93. The van der Waals surface area contributed by atoms with Gasteiger partial charge in [0, 0.05) is 31.9 Å². The van der Waals surface area contributed by atoms with Crippen LogP contribution in [-0.4, -0.2) is 24.7 Å². The summed E-state index contributed by atoms with van der Waals surface area (Å²) in [6.45, 7) is 1.75. The number of anilines is 1. The van der Waals surface area contributed by atoms with Gasteiger partial charge in [-0.15, -0.1) is 0 Å². The van der Waals surface area contributed by atoms with Crippen molar-refractivity contribution < 1.29 is 12.8 Å². The van der Waals surface area contributed by atoms with Gasteiger partial charge in [-0.1, -0.05) is 0 Å². The number of aromatic nitrogens is 2. The summed E-state index contributed by atoms with van der Waals surface area (Å²) >= 11 is 0. The summed E-state index contributed by atoms with van der Waals surface area (Å²) in [4.78, 5) is -0.438. The monoisotopic (exact) mass is 312 g/mol. The van der Waals surface area contributed by atoms with Crippen LogP contribution >= 0.6 is 0 Å². The molecule has 1 aromatic carbocycles. The van der Waals surface area contributed by atoms with Crippen LogP contribution in [0.3, 0.4) is 0 Å². The summed E-state index contributed by atoms with van der Waals surface area (Å²) in [6.07, 6.45) is 2.19. The minimum absolute atomic E-state index is 0.132. The van der Waals surface area contributed by atoms with Gasteiger partial charge in [0.25, 0.3) is 0 Å². The summed E-state index contributed by atoms with van der Waals surface area (Å²) < 4.78 is 41.9. The topological polar surface area (TPSA) is 90.0 Å². The van der Waals surface area contributed by atoms with Gasteiger partial charge in [0.05, 0.1) is 5.69 Å². The molecule has 3 N–H and O–H groups in total. The Kier molecular flexibility index (Phi) is 4.29. The highest BCUT2D eigenvalue weighted by Crippen LogP contribution is 2.21. The molecule has 8 heteroatoms. The number of benzene rings is 1. The lowest BCUT2D eigenvalue weighted by Gasteiger charge is -2.09. The third kappa shape index (κ3) is 3.59. The Morgan fingerprint density at radius 3 is 2.76 bits per heavy atom. The van der Waals surface area contributed by atoms with Gasteiger partial charge in [-0.05, 0) is 30.7 Å². The molecule has 0 bridgehead atoms. The molecule has 0 saturated heterocycles. The molecular weight excluding hydrogens is 295 g/mol. The zero-order valence-electron chi connectivity index (χ0n) is 11.8. The molecule has 21 heavy (non-hydrogen) atoms. The van der Waals surface area contributed by atoms with E-state index in [1.807, 2.05) is 0 Å². The van der Waals surface area contributed by atoms with Crippen LogP contribution in [0.4, 0.5) is 10.1 Å². The first-order valence-electron chi connectivity index (χ1n) is 6.33. The molecule has 2 aromatic rings. The highest BCUT2D eigenvalue weighted by molar-refractivity contribution is 7.89. The van der Waals surface area contributed by atoms with Crippen LogP contribution in [0.1, 0.15) is 11.3 Å². The first-order valence-corrected chi connectivity index (χ1v) is 7.82. The number of hydrogen-bond acceptors (Lipinski definition) is 4. The quantitative estimate of drug-likeness (QED) is 0.805. The van der Waals surface area contributed by atoms with Crippen LogP contribution < -0.4 is 10.5 Å². The van der Waals surface area contributed by atoms with Crippen LogP contribution in [0.15, 0.2) is 29.3 Å². The Labute approximate surface area is 122 Å². The Morgan fingerprint density at radius 1 is 1.43 bits per heavy atom. The van der Waals surface area contributed by atoms with Gasteiger partial charge in [0.15, 0.2) is 0 Å². The van der Waals surface area contributed by atoms with Gasteiger partial charge in [0.1, 0.15) is 10.7 Å². The molecule has 0 aliphatic heterocycles. The Bertz CT molecular complexity index is 756.